The Morgan fingerprint density at radius 2 is 2.06 bits per heavy atom. The van der Waals surface area contributed by atoms with E-state index >= 15 is 0 Å². The Morgan fingerprint density at radius 1 is 1.28 bits per heavy atom. The van der Waals surface area contributed by atoms with Crippen molar-refractivity contribution in [3.8, 4) is 0 Å². The van der Waals surface area contributed by atoms with Crippen LogP contribution in [0.4, 0.5) is 19.0 Å². The van der Waals surface area contributed by atoms with Crippen molar-refractivity contribution >= 4 is 11.5 Å². The molecule has 0 fully saturated rings. The van der Waals surface area contributed by atoms with Gasteiger partial charge in [-0.1, -0.05) is 13.3 Å². The van der Waals surface area contributed by atoms with E-state index in [0.717, 1.165) is 12.8 Å². The molecule has 0 aliphatic carbocycles. The minimum atomic E-state index is -4.56. The van der Waals surface area contributed by atoms with Crippen molar-refractivity contribution < 1.29 is 13.2 Å². The van der Waals surface area contributed by atoms with E-state index < -0.39 is 12.0 Å². The maximum atomic E-state index is 12.6. The van der Waals surface area contributed by atoms with Crippen molar-refractivity contribution in [3.05, 3.63) is 18.0 Å². The average molecular weight is 259 g/mol. The average Bonchev–Trinajstić information content (AvgIpc) is 2.72. The molecule has 1 N–H and O–H groups in total. The predicted octanol–water partition coefficient (Wildman–Crippen LogP) is 2.36. The van der Waals surface area contributed by atoms with Crippen LogP contribution in [0.15, 0.2) is 12.1 Å². The molecule has 0 aromatic carbocycles. The van der Waals surface area contributed by atoms with Crippen LogP contribution in [0.5, 0.6) is 0 Å². The van der Waals surface area contributed by atoms with Crippen LogP contribution in [0, 0.1) is 0 Å². The van der Waals surface area contributed by atoms with Crippen LogP contribution in [0.25, 0.3) is 5.65 Å². The summed E-state index contributed by atoms with van der Waals surface area (Å²) < 4.78 is 38.5. The number of aromatic nitrogens is 4. The van der Waals surface area contributed by atoms with Gasteiger partial charge in [-0.2, -0.15) is 17.7 Å². The Hall–Kier alpha value is -1.86. The number of anilines is 1. The lowest BCUT2D eigenvalue weighted by molar-refractivity contribution is -0.146. The number of alkyl halides is 3. The van der Waals surface area contributed by atoms with Crippen molar-refractivity contribution in [2.75, 3.05) is 11.9 Å². The number of unbranched alkanes of at least 4 members (excludes halogenated alkanes) is 1. The Kier molecular flexibility index (Phi) is 3.35. The standard InChI is InChI=1S/C10H12F3N5/c1-2-3-6-14-7-4-5-8-15-16-9(10(11,12)13)18(8)17-7/h4-5H,2-3,6H2,1H3,(H,14,17). The van der Waals surface area contributed by atoms with Gasteiger partial charge in [-0.25, -0.2) is 0 Å². The smallest absolute Gasteiger partial charge is 0.369 e. The van der Waals surface area contributed by atoms with Crippen molar-refractivity contribution in [1.29, 1.82) is 0 Å². The van der Waals surface area contributed by atoms with Crippen LogP contribution >= 0.6 is 0 Å². The zero-order valence-corrected chi connectivity index (χ0v) is 9.70. The van der Waals surface area contributed by atoms with E-state index in [0.29, 0.717) is 16.9 Å². The van der Waals surface area contributed by atoms with E-state index in [9.17, 15) is 13.2 Å². The molecule has 0 unspecified atom stereocenters. The van der Waals surface area contributed by atoms with Gasteiger partial charge in [-0.3, -0.25) is 0 Å². The first-order chi connectivity index (χ1) is 8.52. The van der Waals surface area contributed by atoms with Crippen LogP contribution in [-0.4, -0.2) is 26.4 Å². The number of fused-ring (bicyclic) bond motifs is 1. The summed E-state index contributed by atoms with van der Waals surface area (Å²) in [6.45, 7) is 2.69. The monoisotopic (exact) mass is 259 g/mol. The van der Waals surface area contributed by atoms with Crippen molar-refractivity contribution in [3.63, 3.8) is 0 Å². The second-order valence-corrected chi connectivity index (χ2v) is 3.79. The van der Waals surface area contributed by atoms with Crippen LogP contribution in [-0.2, 0) is 6.18 Å². The summed E-state index contributed by atoms with van der Waals surface area (Å²) in [4.78, 5) is 0. The van der Waals surface area contributed by atoms with Crippen LogP contribution in [0.2, 0.25) is 0 Å². The number of hydrogen-bond donors (Lipinski definition) is 1. The Balaban J connectivity index is 2.31. The third kappa shape index (κ3) is 2.52. The molecule has 5 nitrogen and oxygen atoms in total. The van der Waals surface area contributed by atoms with E-state index in [1.54, 1.807) is 6.07 Å². The highest BCUT2D eigenvalue weighted by Gasteiger charge is 2.37. The molecule has 0 aliphatic rings. The van der Waals surface area contributed by atoms with Gasteiger partial charge in [0.15, 0.2) is 5.65 Å². The maximum absolute atomic E-state index is 12.6. The van der Waals surface area contributed by atoms with Crippen LogP contribution < -0.4 is 5.32 Å². The zero-order chi connectivity index (χ0) is 13.2. The summed E-state index contributed by atoms with van der Waals surface area (Å²) in [5.74, 6) is -0.738. The minimum absolute atomic E-state index is 0.0726. The quantitative estimate of drug-likeness (QED) is 0.856. The summed E-state index contributed by atoms with van der Waals surface area (Å²) in [5.41, 5.74) is 0.0726. The Bertz CT molecular complexity index is 534. The first kappa shape index (κ1) is 12.6. The van der Waals surface area contributed by atoms with Crippen LogP contribution in [0.1, 0.15) is 25.6 Å². The summed E-state index contributed by atoms with van der Waals surface area (Å²) in [6.07, 6.45) is -2.64. The fourth-order valence-electron chi connectivity index (χ4n) is 1.45. The Labute approximate surface area is 101 Å². The van der Waals surface area contributed by atoms with Crippen molar-refractivity contribution in [1.82, 2.24) is 19.8 Å². The SMILES string of the molecule is CCCCNc1ccc2nnc(C(F)(F)F)n2n1. The molecule has 0 saturated heterocycles. The highest BCUT2D eigenvalue weighted by atomic mass is 19.4. The highest BCUT2D eigenvalue weighted by Crippen LogP contribution is 2.27. The van der Waals surface area contributed by atoms with Crippen molar-refractivity contribution in [2.24, 2.45) is 0 Å². The van der Waals surface area contributed by atoms with Gasteiger partial charge in [0.25, 0.3) is 5.82 Å². The molecule has 2 aromatic rings. The van der Waals surface area contributed by atoms with Gasteiger partial charge in [0.1, 0.15) is 5.82 Å². The van der Waals surface area contributed by atoms with Gasteiger partial charge in [0.05, 0.1) is 0 Å². The maximum Gasteiger partial charge on any atom is 0.453 e. The molecule has 18 heavy (non-hydrogen) atoms. The molecule has 98 valence electrons. The lowest BCUT2D eigenvalue weighted by Crippen LogP contribution is -2.13. The molecule has 0 bridgehead atoms. The number of nitrogens with one attached hydrogen (secondary N) is 1. The molecule has 8 heteroatoms. The summed E-state index contributed by atoms with van der Waals surface area (Å²) in [7, 11) is 0. The number of nitrogens with zero attached hydrogens (tertiary/aromatic N) is 4. The fraction of sp³-hybridized carbons (Fsp3) is 0.500. The molecule has 0 radical (unpaired) electrons. The van der Waals surface area contributed by atoms with E-state index in [-0.39, 0.29) is 5.65 Å². The van der Waals surface area contributed by atoms with Gasteiger partial charge >= 0.3 is 6.18 Å². The molecule has 2 heterocycles. The molecule has 0 aliphatic heterocycles. The Morgan fingerprint density at radius 3 is 2.72 bits per heavy atom. The first-order valence-corrected chi connectivity index (χ1v) is 5.56. The third-order valence-electron chi connectivity index (χ3n) is 2.35. The van der Waals surface area contributed by atoms with E-state index in [1.165, 1.54) is 6.07 Å². The van der Waals surface area contributed by atoms with Gasteiger partial charge in [0, 0.05) is 6.54 Å². The van der Waals surface area contributed by atoms with E-state index in [1.807, 2.05) is 6.92 Å². The molecule has 2 aromatic heterocycles. The summed E-state index contributed by atoms with van der Waals surface area (Å²) in [5, 5.41) is 13.3. The second kappa shape index (κ2) is 4.79. The van der Waals surface area contributed by atoms with E-state index in [4.69, 9.17) is 0 Å². The van der Waals surface area contributed by atoms with Gasteiger partial charge in [-0.15, -0.1) is 15.3 Å². The summed E-state index contributed by atoms with van der Waals surface area (Å²) in [6, 6.07) is 3.03. The normalized spacial score (nSPS) is 12.0. The highest BCUT2D eigenvalue weighted by molar-refractivity contribution is 5.44. The topological polar surface area (TPSA) is 55.1 Å². The minimum Gasteiger partial charge on any atom is -0.369 e. The van der Waals surface area contributed by atoms with Crippen molar-refractivity contribution in [2.45, 2.75) is 25.9 Å². The largest absolute Gasteiger partial charge is 0.453 e. The lowest BCUT2D eigenvalue weighted by Gasteiger charge is -2.06. The predicted molar refractivity (Wildman–Crippen MR) is 59.2 cm³/mol. The van der Waals surface area contributed by atoms with Gasteiger partial charge in [0.2, 0.25) is 0 Å². The molecular formula is C10H12F3N5. The van der Waals surface area contributed by atoms with E-state index in [2.05, 4.69) is 20.6 Å². The fourth-order valence-corrected chi connectivity index (χ4v) is 1.45. The van der Waals surface area contributed by atoms with Crippen LogP contribution in [0.3, 0.4) is 0 Å². The van der Waals surface area contributed by atoms with Gasteiger partial charge in [-0.05, 0) is 18.6 Å². The summed E-state index contributed by atoms with van der Waals surface area (Å²) >= 11 is 0. The molecule has 2 rings (SSSR count). The molecule has 0 saturated carbocycles. The zero-order valence-electron chi connectivity index (χ0n) is 9.70. The van der Waals surface area contributed by atoms with Gasteiger partial charge < -0.3 is 5.32 Å². The number of hydrogen-bond acceptors (Lipinski definition) is 4. The molecular weight excluding hydrogens is 247 g/mol. The second-order valence-electron chi connectivity index (χ2n) is 3.79. The molecule has 0 atom stereocenters. The number of halogens is 3. The first-order valence-electron chi connectivity index (χ1n) is 5.56. The molecule has 0 spiro atoms. The third-order valence-corrected chi connectivity index (χ3v) is 2.35. The number of rotatable bonds is 4. The lowest BCUT2D eigenvalue weighted by atomic mass is 10.3. The molecule has 0 amide bonds.